The van der Waals surface area contributed by atoms with E-state index < -0.39 is 11.9 Å². The number of thiocarbonyl (C=S) groups is 1. The maximum Gasteiger partial charge on any atom is 0.337 e. The molecule has 3 aromatic rings. The second-order valence-corrected chi connectivity index (χ2v) is 8.77. The molecule has 2 N–H and O–H groups in total. The number of hydrogen-bond donors (Lipinski definition) is 2. The maximum absolute atomic E-state index is 12.7. The Morgan fingerprint density at radius 3 is 2.54 bits per heavy atom. The van der Waals surface area contributed by atoms with Gasteiger partial charge < -0.3 is 24.1 Å². The molecule has 0 spiro atoms. The van der Waals surface area contributed by atoms with Gasteiger partial charge in [-0.25, -0.2) is 4.79 Å². The Morgan fingerprint density at radius 1 is 1.06 bits per heavy atom. The van der Waals surface area contributed by atoms with Crippen molar-refractivity contribution in [1.82, 2.24) is 5.32 Å². The SMILES string of the molecule is COC(=O)c1ccc(N2CCOCC2)c(NC(=S)NC(=O)c2ccc(-c3ccc(Cl)cc3Cl)o2)c1. The molecule has 182 valence electrons. The van der Waals surface area contributed by atoms with Crippen molar-refractivity contribution in [1.29, 1.82) is 0 Å². The Bertz CT molecular complexity index is 1270. The average molecular weight is 534 g/mol. The molecule has 1 saturated heterocycles. The van der Waals surface area contributed by atoms with Crippen LogP contribution in [0.1, 0.15) is 20.9 Å². The summed E-state index contributed by atoms with van der Waals surface area (Å²) < 4.78 is 15.9. The van der Waals surface area contributed by atoms with Crippen LogP contribution in [0.5, 0.6) is 0 Å². The molecule has 2 aromatic carbocycles. The number of esters is 1. The number of morpholine rings is 1. The van der Waals surface area contributed by atoms with Gasteiger partial charge in [-0.05, 0) is 60.7 Å². The summed E-state index contributed by atoms with van der Waals surface area (Å²) in [6.45, 7) is 2.51. The minimum absolute atomic E-state index is 0.0361. The highest BCUT2D eigenvalue weighted by atomic mass is 35.5. The number of carbonyl (C=O) groups excluding carboxylic acids is 2. The number of nitrogens with zero attached hydrogens (tertiary/aromatic N) is 1. The van der Waals surface area contributed by atoms with E-state index in [1.54, 1.807) is 42.5 Å². The predicted molar refractivity (Wildman–Crippen MR) is 139 cm³/mol. The summed E-state index contributed by atoms with van der Waals surface area (Å²) in [5, 5.41) is 6.54. The molecular weight excluding hydrogens is 513 g/mol. The molecule has 1 fully saturated rings. The van der Waals surface area contributed by atoms with Gasteiger partial charge in [0.2, 0.25) is 0 Å². The van der Waals surface area contributed by atoms with E-state index in [2.05, 4.69) is 15.5 Å². The lowest BCUT2D eigenvalue weighted by Gasteiger charge is -2.31. The zero-order chi connectivity index (χ0) is 24.9. The fraction of sp³-hybridized carbons (Fsp3) is 0.208. The number of ether oxygens (including phenoxy) is 2. The Morgan fingerprint density at radius 2 is 1.83 bits per heavy atom. The number of rotatable bonds is 5. The molecule has 8 nitrogen and oxygen atoms in total. The van der Waals surface area contributed by atoms with Crippen LogP contribution < -0.4 is 15.5 Å². The molecule has 35 heavy (non-hydrogen) atoms. The minimum atomic E-state index is -0.545. The van der Waals surface area contributed by atoms with Crippen molar-refractivity contribution < 1.29 is 23.5 Å². The third-order valence-corrected chi connectivity index (χ3v) is 6.02. The summed E-state index contributed by atoms with van der Waals surface area (Å²) in [5.41, 5.74) is 2.31. The van der Waals surface area contributed by atoms with Crippen LogP contribution in [0, 0.1) is 0 Å². The lowest BCUT2D eigenvalue weighted by atomic mass is 10.1. The van der Waals surface area contributed by atoms with Crippen molar-refractivity contribution in [2.45, 2.75) is 0 Å². The number of carbonyl (C=O) groups is 2. The van der Waals surface area contributed by atoms with Crippen LogP contribution in [0.25, 0.3) is 11.3 Å². The second-order valence-electron chi connectivity index (χ2n) is 7.52. The topological polar surface area (TPSA) is 93.0 Å². The van der Waals surface area contributed by atoms with Gasteiger partial charge in [0, 0.05) is 23.7 Å². The van der Waals surface area contributed by atoms with E-state index in [9.17, 15) is 9.59 Å². The molecule has 0 atom stereocenters. The standard InChI is InChI=1S/C24H21Cl2N3O5S/c1-32-23(31)14-2-5-19(29-8-10-33-11-9-29)18(12-14)27-24(35)28-22(30)21-7-6-20(34-21)16-4-3-15(25)13-17(16)26/h2-7,12-13H,8-11H2,1H3,(H2,27,28,30,35). The van der Waals surface area contributed by atoms with Crippen LogP contribution in [0.15, 0.2) is 52.9 Å². The first kappa shape index (κ1) is 25.0. The number of methoxy groups -OCH3 is 1. The highest BCUT2D eigenvalue weighted by Gasteiger charge is 2.20. The number of halogens is 2. The zero-order valence-corrected chi connectivity index (χ0v) is 20.9. The average Bonchev–Trinajstić information content (AvgIpc) is 3.34. The maximum atomic E-state index is 12.7. The molecule has 11 heteroatoms. The molecule has 2 heterocycles. The fourth-order valence-corrected chi connectivity index (χ4v) is 4.28. The molecule has 4 rings (SSSR count). The summed E-state index contributed by atoms with van der Waals surface area (Å²) in [6, 6.07) is 13.2. The third-order valence-electron chi connectivity index (χ3n) is 5.27. The molecule has 0 unspecified atom stereocenters. The first-order valence-electron chi connectivity index (χ1n) is 10.6. The van der Waals surface area contributed by atoms with E-state index >= 15 is 0 Å². The van der Waals surface area contributed by atoms with Gasteiger partial charge in [0.15, 0.2) is 10.9 Å². The smallest absolute Gasteiger partial charge is 0.337 e. The fourth-order valence-electron chi connectivity index (χ4n) is 3.57. The van der Waals surface area contributed by atoms with E-state index in [0.29, 0.717) is 58.9 Å². The van der Waals surface area contributed by atoms with Gasteiger partial charge in [-0.15, -0.1) is 0 Å². The largest absolute Gasteiger partial charge is 0.465 e. The van der Waals surface area contributed by atoms with Crippen molar-refractivity contribution >= 4 is 63.8 Å². The van der Waals surface area contributed by atoms with Crippen molar-refractivity contribution in [3.63, 3.8) is 0 Å². The van der Waals surface area contributed by atoms with Crippen LogP contribution in [-0.4, -0.2) is 50.4 Å². The Kier molecular flexibility index (Phi) is 7.92. The van der Waals surface area contributed by atoms with Crippen molar-refractivity contribution in [2.75, 3.05) is 43.6 Å². The number of amides is 1. The minimum Gasteiger partial charge on any atom is -0.465 e. The van der Waals surface area contributed by atoms with Crippen LogP contribution in [0.3, 0.4) is 0 Å². The van der Waals surface area contributed by atoms with Gasteiger partial charge in [-0.3, -0.25) is 10.1 Å². The first-order chi connectivity index (χ1) is 16.9. The Hall–Kier alpha value is -3.11. The van der Waals surface area contributed by atoms with E-state index in [-0.39, 0.29) is 10.9 Å². The Balaban J connectivity index is 1.50. The zero-order valence-electron chi connectivity index (χ0n) is 18.6. The van der Waals surface area contributed by atoms with Crippen LogP contribution >= 0.6 is 35.4 Å². The van der Waals surface area contributed by atoms with Gasteiger partial charge in [-0.1, -0.05) is 23.2 Å². The van der Waals surface area contributed by atoms with Crippen LogP contribution in [-0.2, 0) is 9.47 Å². The molecule has 0 aliphatic carbocycles. The Labute approximate surface area is 217 Å². The number of nitrogens with one attached hydrogen (secondary N) is 2. The number of hydrogen-bond acceptors (Lipinski definition) is 7. The van der Waals surface area contributed by atoms with Crippen LogP contribution in [0.4, 0.5) is 11.4 Å². The molecule has 1 amide bonds. The first-order valence-corrected chi connectivity index (χ1v) is 11.7. The molecule has 1 aliphatic heterocycles. The van der Waals surface area contributed by atoms with Gasteiger partial charge in [-0.2, -0.15) is 0 Å². The number of benzene rings is 2. The lowest BCUT2D eigenvalue weighted by Crippen LogP contribution is -2.38. The molecule has 1 aliphatic rings. The molecule has 0 saturated carbocycles. The van der Waals surface area contributed by atoms with Gasteiger partial charge in [0.1, 0.15) is 5.76 Å². The predicted octanol–water partition coefficient (Wildman–Crippen LogP) is 5.00. The third kappa shape index (κ3) is 5.94. The van der Waals surface area contributed by atoms with Gasteiger partial charge >= 0.3 is 5.97 Å². The summed E-state index contributed by atoms with van der Waals surface area (Å²) >= 11 is 17.5. The van der Waals surface area contributed by atoms with Crippen molar-refractivity contribution in [3.05, 3.63) is 69.9 Å². The number of anilines is 2. The summed E-state index contributed by atoms with van der Waals surface area (Å²) in [4.78, 5) is 26.9. The van der Waals surface area contributed by atoms with E-state index in [4.69, 9.17) is 49.3 Å². The van der Waals surface area contributed by atoms with Gasteiger partial charge in [0.05, 0.1) is 42.3 Å². The summed E-state index contributed by atoms with van der Waals surface area (Å²) in [5.74, 6) is -0.570. The monoisotopic (exact) mass is 533 g/mol. The lowest BCUT2D eigenvalue weighted by molar-refractivity contribution is 0.0600. The molecular formula is C24H21Cl2N3O5S. The molecule has 1 aromatic heterocycles. The van der Waals surface area contributed by atoms with E-state index in [0.717, 1.165) is 5.69 Å². The number of furan rings is 1. The second kappa shape index (κ2) is 11.1. The highest BCUT2D eigenvalue weighted by molar-refractivity contribution is 7.80. The van der Waals surface area contributed by atoms with Crippen molar-refractivity contribution in [3.8, 4) is 11.3 Å². The van der Waals surface area contributed by atoms with Crippen molar-refractivity contribution in [2.24, 2.45) is 0 Å². The van der Waals surface area contributed by atoms with Crippen LogP contribution in [0.2, 0.25) is 10.0 Å². The van der Waals surface area contributed by atoms with E-state index in [1.807, 2.05) is 0 Å². The highest BCUT2D eigenvalue weighted by Crippen LogP contribution is 2.32. The van der Waals surface area contributed by atoms with E-state index in [1.165, 1.54) is 13.2 Å². The van der Waals surface area contributed by atoms with Gasteiger partial charge in [0.25, 0.3) is 5.91 Å². The molecule has 0 bridgehead atoms. The summed E-state index contributed by atoms with van der Waals surface area (Å²) in [7, 11) is 1.31. The summed E-state index contributed by atoms with van der Waals surface area (Å²) in [6.07, 6.45) is 0. The normalized spacial score (nSPS) is 13.3. The quantitative estimate of drug-likeness (QED) is 0.349. The molecule has 0 radical (unpaired) electrons.